The summed E-state index contributed by atoms with van der Waals surface area (Å²) >= 11 is 5.71. The summed E-state index contributed by atoms with van der Waals surface area (Å²) in [6, 6.07) is 3.71. The Balaban J connectivity index is 1.92. The van der Waals surface area contributed by atoms with Crippen molar-refractivity contribution >= 4 is 23.5 Å². The van der Waals surface area contributed by atoms with E-state index < -0.39 is 17.7 Å². The highest BCUT2D eigenvalue weighted by molar-refractivity contribution is 6.31. The molecule has 0 fully saturated rings. The first-order chi connectivity index (χ1) is 9.97. The van der Waals surface area contributed by atoms with Crippen molar-refractivity contribution in [1.29, 1.82) is 0 Å². The molecule has 2 N–H and O–H groups in total. The Bertz CT molecular complexity index is 687. The minimum Gasteiger partial charge on any atom is -0.476 e. The first-order valence-electron chi connectivity index (χ1n) is 5.95. The van der Waals surface area contributed by atoms with Gasteiger partial charge < -0.3 is 15.0 Å². The van der Waals surface area contributed by atoms with Crippen LogP contribution in [0.15, 0.2) is 30.7 Å². The molecule has 6 nitrogen and oxygen atoms in total. The number of benzene rings is 1. The Morgan fingerprint density at radius 3 is 2.86 bits per heavy atom. The first-order valence-corrected chi connectivity index (χ1v) is 6.33. The first kappa shape index (κ1) is 15.0. The number of nitrogens with one attached hydrogen (secondary N) is 1. The number of halogens is 2. The van der Waals surface area contributed by atoms with Gasteiger partial charge in [-0.25, -0.2) is 14.2 Å². The number of nitrogens with zero attached hydrogens (tertiary/aromatic N) is 2. The van der Waals surface area contributed by atoms with E-state index in [0.29, 0.717) is 6.54 Å². The van der Waals surface area contributed by atoms with Crippen molar-refractivity contribution < 1.29 is 19.1 Å². The molecular formula is C13H11ClFN3O3. The highest BCUT2D eigenvalue weighted by Gasteiger charge is 2.12. The largest absolute Gasteiger partial charge is 0.476 e. The van der Waals surface area contributed by atoms with Crippen molar-refractivity contribution in [3.63, 3.8) is 0 Å². The van der Waals surface area contributed by atoms with E-state index in [0.717, 1.165) is 6.07 Å². The molecule has 0 saturated carbocycles. The molecule has 2 rings (SSSR count). The predicted molar refractivity (Wildman–Crippen MR) is 72.9 cm³/mol. The molecule has 0 radical (unpaired) electrons. The van der Waals surface area contributed by atoms with Gasteiger partial charge in [0.1, 0.15) is 5.82 Å². The van der Waals surface area contributed by atoms with Gasteiger partial charge in [0, 0.05) is 24.3 Å². The van der Waals surface area contributed by atoms with E-state index in [4.69, 9.17) is 16.7 Å². The van der Waals surface area contributed by atoms with E-state index >= 15 is 0 Å². The average molecular weight is 312 g/mol. The Kier molecular flexibility index (Phi) is 4.54. The Labute approximate surface area is 124 Å². The third-order valence-electron chi connectivity index (χ3n) is 2.68. The van der Waals surface area contributed by atoms with Gasteiger partial charge in [-0.1, -0.05) is 11.6 Å². The van der Waals surface area contributed by atoms with Crippen molar-refractivity contribution in [3.05, 3.63) is 52.8 Å². The van der Waals surface area contributed by atoms with E-state index in [-0.39, 0.29) is 22.8 Å². The van der Waals surface area contributed by atoms with Crippen molar-refractivity contribution in [2.75, 3.05) is 6.54 Å². The van der Waals surface area contributed by atoms with Crippen molar-refractivity contribution in [2.45, 2.75) is 6.54 Å². The summed E-state index contributed by atoms with van der Waals surface area (Å²) < 4.78 is 15.0. The van der Waals surface area contributed by atoms with Gasteiger partial charge in [-0.3, -0.25) is 4.79 Å². The van der Waals surface area contributed by atoms with E-state index in [9.17, 15) is 14.0 Å². The zero-order valence-corrected chi connectivity index (χ0v) is 11.5. The van der Waals surface area contributed by atoms with Crippen molar-refractivity contribution in [2.24, 2.45) is 0 Å². The van der Waals surface area contributed by atoms with Crippen LogP contribution in [0.25, 0.3) is 0 Å². The van der Waals surface area contributed by atoms with Crippen LogP contribution in [-0.2, 0) is 6.54 Å². The Hall–Kier alpha value is -2.41. The fraction of sp³-hybridized carbons (Fsp3) is 0.154. The molecule has 0 saturated heterocycles. The quantitative estimate of drug-likeness (QED) is 0.882. The molecule has 2 aromatic rings. The standard InChI is InChI=1S/C13H11ClFN3O3/c14-8-1-2-10(15)9(5-8)12(19)16-3-4-18-6-11(13(20)21)17-7-18/h1-2,5-7H,3-4H2,(H,16,19)(H,20,21). The summed E-state index contributed by atoms with van der Waals surface area (Å²) in [5, 5.41) is 11.5. The van der Waals surface area contributed by atoms with Gasteiger partial charge in [-0.2, -0.15) is 0 Å². The van der Waals surface area contributed by atoms with Crippen LogP contribution in [0.1, 0.15) is 20.8 Å². The second-order valence-electron chi connectivity index (χ2n) is 4.18. The molecule has 1 aromatic heterocycles. The lowest BCUT2D eigenvalue weighted by atomic mass is 10.2. The van der Waals surface area contributed by atoms with Crippen LogP contribution in [0.4, 0.5) is 4.39 Å². The number of carboxylic acid groups (broad SMARTS) is 1. The number of aromatic nitrogens is 2. The number of rotatable bonds is 5. The van der Waals surface area contributed by atoms with Gasteiger partial charge in [-0.05, 0) is 18.2 Å². The van der Waals surface area contributed by atoms with E-state index in [1.165, 1.54) is 29.2 Å². The SMILES string of the molecule is O=C(O)c1cn(CCNC(=O)c2cc(Cl)ccc2F)cn1. The van der Waals surface area contributed by atoms with E-state index in [2.05, 4.69) is 10.3 Å². The molecule has 1 amide bonds. The summed E-state index contributed by atoms with van der Waals surface area (Å²) in [6.07, 6.45) is 2.68. The normalized spacial score (nSPS) is 10.4. The summed E-state index contributed by atoms with van der Waals surface area (Å²) in [5.74, 6) is -2.37. The molecule has 0 unspecified atom stereocenters. The molecule has 21 heavy (non-hydrogen) atoms. The van der Waals surface area contributed by atoms with Gasteiger partial charge in [-0.15, -0.1) is 0 Å². The fourth-order valence-corrected chi connectivity index (χ4v) is 1.83. The Morgan fingerprint density at radius 1 is 1.43 bits per heavy atom. The van der Waals surface area contributed by atoms with Crippen LogP contribution < -0.4 is 5.32 Å². The highest BCUT2D eigenvalue weighted by atomic mass is 35.5. The fourth-order valence-electron chi connectivity index (χ4n) is 1.66. The van der Waals surface area contributed by atoms with Gasteiger partial charge >= 0.3 is 5.97 Å². The minimum absolute atomic E-state index is 0.0813. The summed E-state index contributed by atoms with van der Waals surface area (Å²) in [4.78, 5) is 26.1. The molecule has 1 heterocycles. The predicted octanol–water partition coefficient (Wildman–Crippen LogP) is 1.80. The minimum atomic E-state index is -1.13. The lowest BCUT2D eigenvalue weighted by Crippen LogP contribution is -2.27. The molecule has 0 aliphatic rings. The van der Waals surface area contributed by atoms with Crippen LogP contribution in [-0.4, -0.2) is 33.1 Å². The van der Waals surface area contributed by atoms with Crippen LogP contribution in [0.3, 0.4) is 0 Å². The lowest BCUT2D eigenvalue weighted by molar-refractivity contribution is 0.0690. The highest BCUT2D eigenvalue weighted by Crippen LogP contribution is 2.14. The molecule has 1 aromatic carbocycles. The van der Waals surface area contributed by atoms with Crippen LogP contribution >= 0.6 is 11.6 Å². The second kappa shape index (κ2) is 6.36. The van der Waals surface area contributed by atoms with Gasteiger partial charge in [0.25, 0.3) is 5.91 Å². The smallest absolute Gasteiger partial charge is 0.356 e. The summed E-state index contributed by atoms with van der Waals surface area (Å²) in [5.41, 5.74) is -0.221. The average Bonchev–Trinajstić information content (AvgIpc) is 2.90. The Morgan fingerprint density at radius 2 is 2.19 bits per heavy atom. The van der Waals surface area contributed by atoms with Crippen molar-refractivity contribution in [3.8, 4) is 0 Å². The zero-order chi connectivity index (χ0) is 15.4. The number of hydrogen-bond acceptors (Lipinski definition) is 3. The number of carboxylic acids is 1. The maximum Gasteiger partial charge on any atom is 0.356 e. The zero-order valence-electron chi connectivity index (χ0n) is 10.7. The molecule has 0 aliphatic carbocycles. The van der Waals surface area contributed by atoms with E-state index in [1.54, 1.807) is 0 Å². The third-order valence-corrected chi connectivity index (χ3v) is 2.92. The lowest BCUT2D eigenvalue weighted by Gasteiger charge is -2.07. The number of amides is 1. The molecule has 0 atom stereocenters. The second-order valence-corrected chi connectivity index (χ2v) is 4.62. The molecule has 8 heteroatoms. The van der Waals surface area contributed by atoms with Crippen LogP contribution in [0.2, 0.25) is 5.02 Å². The molecule has 0 spiro atoms. The third kappa shape index (κ3) is 3.79. The number of hydrogen-bond donors (Lipinski definition) is 2. The number of aromatic carboxylic acids is 1. The van der Waals surface area contributed by atoms with Gasteiger partial charge in [0.05, 0.1) is 11.9 Å². The summed E-state index contributed by atoms with van der Waals surface area (Å²) in [7, 11) is 0. The molecule has 0 aliphatic heterocycles. The summed E-state index contributed by atoms with van der Waals surface area (Å²) in [6.45, 7) is 0.508. The molecule has 0 bridgehead atoms. The van der Waals surface area contributed by atoms with E-state index in [1.807, 2.05) is 0 Å². The number of carbonyl (C=O) groups excluding carboxylic acids is 1. The van der Waals surface area contributed by atoms with Crippen LogP contribution in [0, 0.1) is 5.82 Å². The number of carbonyl (C=O) groups is 2. The van der Waals surface area contributed by atoms with Crippen molar-refractivity contribution in [1.82, 2.24) is 14.9 Å². The maximum absolute atomic E-state index is 13.5. The molecular weight excluding hydrogens is 301 g/mol. The number of imidazole rings is 1. The topological polar surface area (TPSA) is 84.2 Å². The van der Waals surface area contributed by atoms with Gasteiger partial charge in [0.15, 0.2) is 5.69 Å². The maximum atomic E-state index is 13.5. The molecule has 110 valence electrons. The monoisotopic (exact) mass is 311 g/mol. The van der Waals surface area contributed by atoms with Gasteiger partial charge in [0.2, 0.25) is 0 Å². The van der Waals surface area contributed by atoms with Crippen LogP contribution in [0.5, 0.6) is 0 Å².